The van der Waals surface area contributed by atoms with Crippen molar-refractivity contribution in [2.24, 2.45) is 5.92 Å². The molecule has 1 N–H and O–H groups in total. The lowest BCUT2D eigenvalue weighted by Gasteiger charge is -2.28. The van der Waals surface area contributed by atoms with E-state index in [-0.39, 0.29) is 11.8 Å². The van der Waals surface area contributed by atoms with Gasteiger partial charge in [0.05, 0.1) is 12.5 Å². The van der Waals surface area contributed by atoms with E-state index < -0.39 is 12.0 Å². The van der Waals surface area contributed by atoms with Crippen LogP contribution < -0.4 is 0 Å². The Bertz CT molecular complexity index is 248. The van der Waals surface area contributed by atoms with E-state index in [0.29, 0.717) is 13.2 Å². The third-order valence-electron chi connectivity index (χ3n) is 2.80. The van der Waals surface area contributed by atoms with E-state index in [1.165, 1.54) is 18.9 Å². The minimum Gasteiger partial charge on any atom is -0.480 e. The van der Waals surface area contributed by atoms with Crippen LogP contribution in [0.1, 0.15) is 19.8 Å². The fraction of sp³-hybridized carbons (Fsp3) is 0.800. The molecule has 2 unspecified atom stereocenters. The Balaban J connectivity index is 2.54. The summed E-state index contributed by atoms with van der Waals surface area (Å²) in [6.07, 6.45) is 1.65. The predicted molar refractivity (Wildman–Crippen MR) is 53.4 cm³/mol. The van der Waals surface area contributed by atoms with E-state index in [2.05, 4.69) is 0 Å². The summed E-state index contributed by atoms with van der Waals surface area (Å²) in [5, 5.41) is 8.77. The van der Waals surface area contributed by atoms with Gasteiger partial charge in [0.15, 0.2) is 0 Å². The number of aliphatic carboxylic acids is 1. The summed E-state index contributed by atoms with van der Waals surface area (Å²) in [5.41, 5.74) is 0. The van der Waals surface area contributed by atoms with Crippen molar-refractivity contribution in [3.05, 3.63) is 0 Å². The van der Waals surface area contributed by atoms with Crippen LogP contribution in [0.25, 0.3) is 0 Å². The van der Waals surface area contributed by atoms with Crippen molar-refractivity contribution < 1.29 is 19.4 Å². The first kappa shape index (κ1) is 12.0. The van der Waals surface area contributed by atoms with Crippen LogP contribution in [0.2, 0.25) is 0 Å². The number of amides is 1. The summed E-state index contributed by atoms with van der Waals surface area (Å²) in [7, 11) is 1.52. The lowest BCUT2D eigenvalue weighted by atomic mass is 10.0. The highest BCUT2D eigenvalue weighted by atomic mass is 16.5. The molecule has 0 spiro atoms. The van der Waals surface area contributed by atoms with Crippen LogP contribution in [-0.4, -0.2) is 48.2 Å². The number of nitrogens with zero attached hydrogens (tertiary/aromatic N) is 1. The molecule has 0 aromatic heterocycles. The Kier molecular flexibility index (Phi) is 4.08. The third kappa shape index (κ3) is 2.92. The molecule has 0 aliphatic carbocycles. The van der Waals surface area contributed by atoms with Crippen LogP contribution in [0.5, 0.6) is 0 Å². The predicted octanol–water partition coefficient (Wildman–Crippen LogP) is 0.345. The second-order valence-electron chi connectivity index (χ2n) is 3.88. The Morgan fingerprint density at radius 2 is 2.20 bits per heavy atom. The first-order chi connectivity index (χ1) is 7.04. The van der Waals surface area contributed by atoms with Gasteiger partial charge >= 0.3 is 5.97 Å². The number of carboxylic acids is 1. The fourth-order valence-electron chi connectivity index (χ4n) is 1.58. The molecular weight excluding hydrogens is 198 g/mol. The first-order valence-electron chi connectivity index (χ1n) is 5.11. The second kappa shape index (κ2) is 5.11. The molecule has 0 aromatic carbocycles. The largest absolute Gasteiger partial charge is 0.480 e. The van der Waals surface area contributed by atoms with Gasteiger partial charge in [0, 0.05) is 13.7 Å². The SMILES string of the molecule is CC(C(=O)O)N(C)C(=O)C1CCCOC1. The molecule has 1 aliphatic heterocycles. The number of ether oxygens (including phenoxy) is 1. The van der Waals surface area contributed by atoms with E-state index >= 15 is 0 Å². The van der Waals surface area contributed by atoms with Crippen LogP contribution in [0.3, 0.4) is 0 Å². The molecule has 1 aliphatic rings. The standard InChI is InChI=1S/C10H17NO4/c1-7(10(13)14)11(2)9(12)8-4-3-5-15-6-8/h7-8H,3-6H2,1-2H3,(H,13,14). The summed E-state index contributed by atoms with van der Waals surface area (Å²) in [4.78, 5) is 23.8. The van der Waals surface area contributed by atoms with Gasteiger partial charge in [0.1, 0.15) is 6.04 Å². The van der Waals surface area contributed by atoms with Gasteiger partial charge in [-0.25, -0.2) is 4.79 Å². The summed E-state index contributed by atoms with van der Waals surface area (Å²) >= 11 is 0. The second-order valence-corrected chi connectivity index (χ2v) is 3.88. The maximum absolute atomic E-state index is 11.8. The van der Waals surface area contributed by atoms with Gasteiger partial charge in [-0.2, -0.15) is 0 Å². The Morgan fingerprint density at radius 1 is 1.53 bits per heavy atom. The molecule has 1 amide bonds. The van der Waals surface area contributed by atoms with Gasteiger partial charge in [0.25, 0.3) is 0 Å². The zero-order valence-corrected chi connectivity index (χ0v) is 9.10. The molecule has 15 heavy (non-hydrogen) atoms. The number of carboxylic acid groups (broad SMARTS) is 1. The molecule has 0 bridgehead atoms. The normalized spacial score (nSPS) is 23.2. The molecule has 1 saturated heterocycles. The number of carbonyl (C=O) groups is 2. The van der Waals surface area contributed by atoms with Gasteiger partial charge in [-0.05, 0) is 19.8 Å². The highest BCUT2D eigenvalue weighted by Crippen LogP contribution is 2.16. The highest BCUT2D eigenvalue weighted by Gasteiger charge is 2.29. The van der Waals surface area contributed by atoms with Crippen molar-refractivity contribution in [2.75, 3.05) is 20.3 Å². The van der Waals surface area contributed by atoms with Crippen molar-refractivity contribution in [1.82, 2.24) is 4.90 Å². The van der Waals surface area contributed by atoms with Crippen LogP contribution in [0.4, 0.5) is 0 Å². The lowest BCUT2D eigenvalue weighted by molar-refractivity contribution is -0.151. The van der Waals surface area contributed by atoms with Crippen LogP contribution in [0.15, 0.2) is 0 Å². The minimum atomic E-state index is -0.984. The Labute approximate surface area is 89.0 Å². The van der Waals surface area contributed by atoms with E-state index in [1.807, 2.05) is 0 Å². The fourth-order valence-corrected chi connectivity index (χ4v) is 1.58. The number of likely N-dealkylation sites (N-methyl/N-ethyl adjacent to an activating group) is 1. The molecule has 5 nitrogen and oxygen atoms in total. The van der Waals surface area contributed by atoms with E-state index in [0.717, 1.165) is 12.8 Å². The molecule has 1 fully saturated rings. The first-order valence-corrected chi connectivity index (χ1v) is 5.11. The van der Waals surface area contributed by atoms with E-state index in [1.54, 1.807) is 0 Å². The molecule has 1 heterocycles. The Hall–Kier alpha value is -1.10. The van der Waals surface area contributed by atoms with Crippen molar-refractivity contribution in [3.8, 4) is 0 Å². The van der Waals surface area contributed by atoms with Crippen LogP contribution >= 0.6 is 0 Å². The summed E-state index contributed by atoms with van der Waals surface area (Å²) in [5.74, 6) is -1.29. The monoisotopic (exact) mass is 215 g/mol. The molecule has 0 aromatic rings. The van der Waals surface area contributed by atoms with Crippen molar-refractivity contribution >= 4 is 11.9 Å². The minimum absolute atomic E-state index is 0.135. The summed E-state index contributed by atoms with van der Waals surface area (Å²) < 4.78 is 5.20. The van der Waals surface area contributed by atoms with Gasteiger partial charge in [-0.1, -0.05) is 0 Å². The number of hydrogen-bond acceptors (Lipinski definition) is 3. The Morgan fingerprint density at radius 3 is 2.67 bits per heavy atom. The van der Waals surface area contributed by atoms with Crippen LogP contribution in [-0.2, 0) is 14.3 Å². The number of hydrogen-bond donors (Lipinski definition) is 1. The lowest BCUT2D eigenvalue weighted by Crippen LogP contribution is -2.45. The quantitative estimate of drug-likeness (QED) is 0.737. The van der Waals surface area contributed by atoms with Gasteiger partial charge in [0.2, 0.25) is 5.91 Å². The highest BCUT2D eigenvalue weighted by molar-refractivity contribution is 5.84. The molecule has 86 valence electrons. The average molecular weight is 215 g/mol. The molecule has 1 rings (SSSR count). The molecule has 2 atom stereocenters. The summed E-state index contributed by atoms with van der Waals surface area (Å²) in [6.45, 7) is 2.61. The average Bonchev–Trinajstić information content (AvgIpc) is 2.27. The third-order valence-corrected chi connectivity index (χ3v) is 2.80. The zero-order chi connectivity index (χ0) is 11.4. The van der Waals surface area contributed by atoms with Crippen molar-refractivity contribution in [1.29, 1.82) is 0 Å². The zero-order valence-electron chi connectivity index (χ0n) is 9.10. The molecule has 0 saturated carbocycles. The molecular formula is C10H17NO4. The van der Waals surface area contributed by atoms with E-state index in [9.17, 15) is 9.59 Å². The maximum atomic E-state index is 11.8. The van der Waals surface area contributed by atoms with Crippen LogP contribution in [0, 0.1) is 5.92 Å². The summed E-state index contributed by atoms with van der Waals surface area (Å²) in [6, 6.07) is -0.778. The smallest absolute Gasteiger partial charge is 0.326 e. The molecule has 5 heteroatoms. The van der Waals surface area contributed by atoms with Gasteiger partial charge in [-0.15, -0.1) is 0 Å². The number of rotatable bonds is 3. The van der Waals surface area contributed by atoms with Crippen molar-refractivity contribution in [3.63, 3.8) is 0 Å². The van der Waals surface area contributed by atoms with E-state index in [4.69, 9.17) is 9.84 Å². The van der Waals surface area contributed by atoms with Gasteiger partial charge < -0.3 is 14.7 Å². The maximum Gasteiger partial charge on any atom is 0.326 e. The topological polar surface area (TPSA) is 66.8 Å². The van der Waals surface area contributed by atoms with Gasteiger partial charge in [-0.3, -0.25) is 4.79 Å². The van der Waals surface area contributed by atoms with Crippen molar-refractivity contribution in [2.45, 2.75) is 25.8 Å². The number of carbonyl (C=O) groups excluding carboxylic acids is 1. The molecule has 0 radical (unpaired) electrons.